The number of nitrogens with two attached hydrogens (primary N) is 2. The molecule has 4 N–H and O–H groups in total. The van der Waals surface area contributed by atoms with Gasteiger partial charge in [0.15, 0.2) is 11.6 Å². The van der Waals surface area contributed by atoms with Crippen molar-refractivity contribution in [1.29, 1.82) is 0 Å². The highest BCUT2D eigenvalue weighted by atomic mass is 19.1. The van der Waals surface area contributed by atoms with Crippen LogP contribution in [0.15, 0.2) is 60.8 Å². The summed E-state index contributed by atoms with van der Waals surface area (Å²) in [7, 11) is 0. The Labute approximate surface area is 164 Å². The van der Waals surface area contributed by atoms with E-state index in [0.29, 0.717) is 0 Å². The number of hydrogen-bond acceptors (Lipinski definition) is 7. The number of anilines is 1. The van der Waals surface area contributed by atoms with Crippen LogP contribution in [0.1, 0.15) is 15.9 Å². The predicted octanol–water partition coefficient (Wildman–Crippen LogP) is 3.41. The molecule has 0 aliphatic carbocycles. The quantitative estimate of drug-likeness (QED) is 0.482. The predicted molar refractivity (Wildman–Crippen MR) is 101 cm³/mol. The monoisotopic (exact) mass is 397 g/mol. The van der Waals surface area contributed by atoms with Crippen molar-refractivity contribution >= 4 is 17.7 Å². The van der Waals surface area contributed by atoms with Crippen LogP contribution < -0.4 is 20.9 Å². The number of esters is 1. The van der Waals surface area contributed by atoms with Crippen LogP contribution in [0.2, 0.25) is 0 Å². The Bertz CT molecular complexity index is 1040. The van der Waals surface area contributed by atoms with Gasteiger partial charge in [-0.3, -0.25) is 0 Å². The van der Waals surface area contributed by atoms with E-state index in [9.17, 15) is 14.0 Å². The summed E-state index contributed by atoms with van der Waals surface area (Å²) in [6.45, 7) is -0.00305. The minimum Gasteiger partial charge on any atom is -0.457 e. The number of nitrogen functional groups attached to an aromatic ring is 1. The SMILES string of the molecule is NC(=O)Oc1cc(Oc2ccc(C(=O)OCc3ccccc3)c(F)c2N)ccn1. The second-order valence-electron chi connectivity index (χ2n) is 5.75. The van der Waals surface area contributed by atoms with E-state index in [1.54, 1.807) is 24.3 Å². The lowest BCUT2D eigenvalue weighted by molar-refractivity contribution is 0.0467. The number of rotatable bonds is 6. The fourth-order valence-corrected chi connectivity index (χ4v) is 2.36. The van der Waals surface area contributed by atoms with Gasteiger partial charge in [-0.25, -0.2) is 19.0 Å². The van der Waals surface area contributed by atoms with E-state index in [2.05, 4.69) is 9.72 Å². The molecule has 0 bridgehead atoms. The van der Waals surface area contributed by atoms with Crippen molar-refractivity contribution in [3.8, 4) is 17.4 Å². The van der Waals surface area contributed by atoms with Gasteiger partial charge in [-0.2, -0.15) is 0 Å². The zero-order chi connectivity index (χ0) is 20.8. The first kappa shape index (κ1) is 19.6. The number of halogens is 1. The van der Waals surface area contributed by atoms with Crippen LogP contribution in [0.25, 0.3) is 0 Å². The minimum atomic E-state index is -1.04. The summed E-state index contributed by atoms with van der Waals surface area (Å²) < 4.78 is 29.8. The number of pyridine rings is 1. The molecule has 0 saturated carbocycles. The standard InChI is InChI=1S/C20H16FN3O5/c21-17-14(19(25)27-11-12-4-2-1-3-5-12)6-7-15(18(17)22)28-13-8-9-24-16(10-13)29-20(23)26/h1-10H,11,22H2,(H2,23,26). The first-order chi connectivity index (χ1) is 13.9. The van der Waals surface area contributed by atoms with E-state index >= 15 is 0 Å². The molecular formula is C20H16FN3O5. The van der Waals surface area contributed by atoms with Gasteiger partial charge in [0.2, 0.25) is 5.88 Å². The van der Waals surface area contributed by atoms with Crippen LogP contribution in [-0.2, 0) is 11.3 Å². The zero-order valence-electron chi connectivity index (χ0n) is 15.0. The molecule has 148 valence electrons. The smallest absolute Gasteiger partial charge is 0.411 e. The highest BCUT2D eigenvalue weighted by molar-refractivity contribution is 5.91. The van der Waals surface area contributed by atoms with Crippen LogP contribution in [-0.4, -0.2) is 17.0 Å². The van der Waals surface area contributed by atoms with Crippen molar-refractivity contribution in [2.45, 2.75) is 6.61 Å². The molecule has 9 heteroatoms. The highest BCUT2D eigenvalue weighted by Gasteiger charge is 2.19. The third kappa shape index (κ3) is 4.98. The van der Waals surface area contributed by atoms with Crippen molar-refractivity contribution in [3.63, 3.8) is 0 Å². The van der Waals surface area contributed by atoms with Gasteiger partial charge in [0.25, 0.3) is 0 Å². The lowest BCUT2D eigenvalue weighted by Gasteiger charge is -2.12. The summed E-state index contributed by atoms with van der Waals surface area (Å²) in [5.74, 6) is -1.80. The van der Waals surface area contributed by atoms with E-state index in [1.165, 1.54) is 30.5 Å². The Morgan fingerprint density at radius 3 is 2.55 bits per heavy atom. The van der Waals surface area contributed by atoms with Gasteiger partial charge in [-0.15, -0.1) is 0 Å². The minimum absolute atomic E-state index is 0.00305. The van der Waals surface area contributed by atoms with Gasteiger partial charge in [-0.1, -0.05) is 30.3 Å². The summed E-state index contributed by atoms with van der Waals surface area (Å²) in [5, 5.41) is 0. The maximum absolute atomic E-state index is 14.6. The molecule has 1 heterocycles. The first-order valence-corrected chi connectivity index (χ1v) is 8.34. The average molecular weight is 397 g/mol. The number of aromatic nitrogens is 1. The molecule has 0 atom stereocenters. The molecule has 8 nitrogen and oxygen atoms in total. The summed E-state index contributed by atoms with van der Waals surface area (Å²) in [5.41, 5.74) is 10.8. The molecule has 0 spiro atoms. The number of ether oxygens (including phenoxy) is 3. The molecular weight excluding hydrogens is 381 g/mol. The normalized spacial score (nSPS) is 10.2. The fraction of sp³-hybridized carbons (Fsp3) is 0.0500. The summed E-state index contributed by atoms with van der Waals surface area (Å²) in [6, 6.07) is 14.2. The van der Waals surface area contributed by atoms with Gasteiger partial charge in [0.1, 0.15) is 18.0 Å². The van der Waals surface area contributed by atoms with E-state index in [1.807, 2.05) is 6.07 Å². The Kier molecular flexibility index (Phi) is 5.88. The van der Waals surface area contributed by atoms with E-state index < -0.39 is 17.9 Å². The van der Waals surface area contributed by atoms with Gasteiger partial charge < -0.3 is 25.7 Å². The van der Waals surface area contributed by atoms with Crippen LogP contribution in [0.4, 0.5) is 14.9 Å². The molecule has 2 aromatic carbocycles. The van der Waals surface area contributed by atoms with Crippen molar-refractivity contribution < 1.29 is 28.2 Å². The summed E-state index contributed by atoms with van der Waals surface area (Å²) in [4.78, 5) is 26.7. The van der Waals surface area contributed by atoms with Crippen LogP contribution >= 0.6 is 0 Å². The Balaban J connectivity index is 1.73. The number of hydrogen-bond donors (Lipinski definition) is 2. The summed E-state index contributed by atoms with van der Waals surface area (Å²) >= 11 is 0. The Hall–Kier alpha value is -4.14. The second-order valence-corrected chi connectivity index (χ2v) is 5.75. The first-order valence-electron chi connectivity index (χ1n) is 8.34. The van der Waals surface area contributed by atoms with Crippen LogP contribution in [0.3, 0.4) is 0 Å². The third-order valence-corrected chi connectivity index (χ3v) is 3.71. The molecule has 1 aromatic heterocycles. The molecule has 29 heavy (non-hydrogen) atoms. The van der Waals surface area contributed by atoms with Gasteiger partial charge >= 0.3 is 12.1 Å². The second kappa shape index (κ2) is 8.70. The third-order valence-electron chi connectivity index (χ3n) is 3.71. The van der Waals surface area contributed by atoms with Crippen molar-refractivity contribution in [2.24, 2.45) is 5.73 Å². The van der Waals surface area contributed by atoms with Gasteiger partial charge in [-0.05, 0) is 23.8 Å². The zero-order valence-corrected chi connectivity index (χ0v) is 15.0. The van der Waals surface area contributed by atoms with Crippen molar-refractivity contribution in [3.05, 3.63) is 77.7 Å². The number of amides is 1. The van der Waals surface area contributed by atoms with Crippen LogP contribution in [0, 0.1) is 5.82 Å². The van der Waals surface area contributed by atoms with E-state index in [-0.39, 0.29) is 35.2 Å². The molecule has 0 fully saturated rings. The van der Waals surface area contributed by atoms with Crippen molar-refractivity contribution in [2.75, 3.05) is 5.73 Å². The van der Waals surface area contributed by atoms with Crippen molar-refractivity contribution in [1.82, 2.24) is 4.98 Å². The number of primary amides is 1. The van der Waals surface area contributed by atoms with E-state index in [0.717, 1.165) is 5.56 Å². The molecule has 0 unspecified atom stereocenters. The molecule has 0 aliphatic rings. The maximum atomic E-state index is 14.6. The number of carbonyl (C=O) groups is 2. The molecule has 0 saturated heterocycles. The topological polar surface area (TPSA) is 127 Å². The maximum Gasteiger partial charge on any atom is 0.411 e. The summed E-state index contributed by atoms with van der Waals surface area (Å²) in [6.07, 6.45) is 0.258. The molecule has 3 aromatic rings. The average Bonchev–Trinajstić information content (AvgIpc) is 2.70. The fourth-order valence-electron chi connectivity index (χ4n) is 2.36. The number of benzene rings is 2. The lowest BCUT2D eigenvalue weighted by atomic mass is 10.1. The Morgan fingerprint density at radius 1 is 1.07 bits per heavy atom. The van der Waals surface area contributed by atoms with Gasteiger partial charge in [0.05, 0.1) is 5.56 Å². The lowest BCUT2D eigenvalue weighted by Crippen LogP contribution is -2.16. The molecule has 1 amide bonds. The highest BCUT2D eigenvalue weighted by Crippen LogP contribution is 2.32. The van der Waals surface area contributed by atoms with Crippen LogP contribution in [0.5, 0.6) is 17.4 Å². The Morgan fingerprint density at radius 2 is 1.83 bits per heavy atom. The van der Waals surface area contributed by atoms with Gasteiger partial charge in [0, 0.05) is 12.3 Å². The van der Waals surface area contributed by atoms with E-state index in [4.69, 9.17) is 20.9 Å². The number of nitrogens with zero attached hydrogens (tertiary/aromatic N) is 1. The number of carbonyl (C=O) groups excluding carboxylic acids is 2. The largest absolute Gasteiger partial charge is 0.457 e. The molecule has 0 aliphatic heterocycles. The molecule has 0 radical (unpaired) electrons. The molecule has 3 rings (SSSR count).